The van der Waals surface area contributed by atoms with Crippen molar-refractivity contribution in [3.63, 3.8) is 0 Å². The molecule has 3 aromatic rings. The summed E-state index contributed by atoms with van der Waals surface area (Å²) in [7, 11) is 5.84. The molecule has 3 rings (SSSR count). The van der Waals surface area contributed by atoms with Gasteiger partial charge in [0.05, 0.1) is 34.0 Å². The molecule has 196 valence electrons. The van der Waals surface area contributed by atoms with Crippen LogP contribution in [-0.2, 0) is 9.59 Å². The molecule has 0 saturated heterocycles. The topological polar surface area (TPSA) is 112 Å². The fourth-order valence-electron chi connectivity index (χ4n) is 3.48. The van der Waals surface area contributed by atoms with Gasteiger partial charge in [0.25, 0.3) is 0 Å². The fraction of sp³-hybridized carbons (Fsp3) is 0.133. The Bertz CT molecular complexity index is 1340. The smallest absolute Gasteiger partial charge is 0.189 e. The molecule has 3 aromatic carbocycles. The number of phenols is 2. The van der Waals surface area contributed by atoms with Gasteiger partial charge in [-0.05, 0) is 65.8 Å². The Morgan fingerprint density at radius 1 is 0.632 bits per heavy atom. The Balaban J connectivity index is 2.00. The summed E-state index contributed by atoms with van der Waals surface area (Å²) in [6, 6.07) is 14.3. The maximum Gasteiger partial charge on any atom is 0.189 e. The second kappa shape index (κ2) is 12.8. The first-order chi connectivity index (χ1) is 18.3. The molecule has 0 atom stereocenters. The van der Waals surface area contributed by atoms with Crippen molar-refractivity contribution >= 4 is 29.8 Å². The first-order valence-corrected chi connectivity index (χ1v) is 11.4. The number of phenolic OH excluding ortho intramolecular Hbond substituents is 2. The number of hydrogen-bond acceptors (Lipinski definition) is 8. The molecule has 38 heavy (non-hydrogen) atoms. The summed E-state index contributed by atoms with van der Waals surface area (Å²) < 4.78 is 20.9. The number of rotatable bonds is 11. The molecule has 8 nitrogen and oxygen atoms in total. The van der Waals surface area contributed by atoms with E-state index in [0.29, 0.717) is 28.2 Å². The molecule has 0 saturated carbocycles. The molecule has 0 unspecified atom stereocenters. The summed E-state index contributed by atoms with van der Waals surface area (Å²) >= 11 is 0. The number of aromatic hydroxyl groups is 2. The van der Waals surface area contributed by atoms with Gasteiger partial charge in [0.15, 0.2) is 34.6 Å². The highest BCUT2D eigenvalue weighted by molar-refractivity contribution is 6.31. The van der Waals surface area contributed by atoms with Gasteiger partial charge in [0.2, 0.25) is 0 Å². The van der Waals surface area contributed by atoms with Crippen LogP contribution in [0.3, 0.4) is 0 Å². The van der Waals surface area contributed by atoms with Gasteiger partial charge in [-0.25, -0.2) is 0 Å². The number of allylic oxidation sites excluding steroid dienone is 3. The van der Waals surface area contributed by atoms with Crippen LogP contribution in [-0.4, -0.2) is 50.2 Å². The molecule has 0 spiro atoms. The molecule has 0 heterocycles. The van der Waals surface area contributed by atoms with Crippen molar-refractivity contribution in [3.8, 4) is 34.5 Å². The minimum Gasteiger partial charge on any atom is -0.504 e. The van der Waals surface area contributed by atoms with E-state index < -0.39 is 11.6 Å². The van der Waals surface area contributed by atoms with E-state index in [0.717, 1.165) is 0 Å². The van der Waals surface area contributed by atoms with Crippen molar-refractivity contribution in [2.24, 2.45) is 0 Å². The van der Waals surface area contributed by atoms with E-state index in [1.54, 1.807) is 42.5 Å². The monoisotopic (exact) mass is 516 g/mol. The number of benzene rings is 3. The Kier molecular flexibility index (Phi) is 9.31. The van der Waals surface area contributed by atoms with Gasteiger partial charge in [-0.1, -0.05) is 24.3 Å². The highest BCUT2D eigenvalue weighted by Gasteiger charge is 2.16. The van der Waals surface area contributed by atoms with Crippen LogP contribution in [0.15, 0.2) is 72.3 Å². The van der Waals surface area contributed by atoms with Crippen molar-refractivity contribution in [1.82, 2.24) is 0 Å². The van der Waals surface area contributed by atoms with Crippen LogP contribution < -0.4 is 18.9 Å². The van der Waals surface area contributed by atoms with E-state index >= 15 is 0 Å². The second-order valence-electron chi connectivity index (χ2n) is 7.92. The van der Waals surface area contributed by atoms with Crippen LogP contribution >= 0.6 is 0 Å². The lowest BCUT2D eigenvalue weighted by molar-refractivity contribution is -0.116. The minimum absolute atomic E-state index is 0.0330. The zero-order valence-corrected chi connectivity index (χ0v) is 21.4. The molecule has 0 aromatic heterocycles. The van der Waals surface area contributed by atoms with Gasteiger partial charge in [0, 0.05) is 11.6 Å². The summed E-state index contributed by atoms with van der Waals surface area (Å²) in [6.45, 7) is 0. The molecule has 0 fully saturated rings. The van der Waals surface area contributed by atoms with Gasteiger partial charge >= 0.3 is 0 Å². The van der Waals surface area contributed by atoms with Gasteiger partial charge in [-0.2, -0.15) is 0 Å². The van der Waals surface area contributed by atoms with Crippen molar-refractivity contribution in [2.45, 2.75) is 0 Å². The van der Waals surface area contributed by atoms with Gasteiger partial charge in [0.1, 0.15) is 11.5 Å². The SMILES string of the molecule is COc1ccc(C=C(C(=O)/C=C/c2ccc(O)c(OC)c2)C(=O)/C=C/c2ccc(O)c(OC)c2)c(OC)c1. The van der Waals surface area contributed by atoms with Gasteiger partial charge in [-0.3, -0.25) is 9.59 Å². The number of methoxy groups -OCH3 is 4. The quantitative estimate of drug-likeness (QED) is 0.206. The Morgan fingerprint density at radius 2 is 1.13 bits per heavy atom. The Labute approximate surface area is 220 Å². The van der Waals surface area contributed by atoms with E-state index in [4.69, 9.17) is 18.9 Å². The third-order valence-electron chi connectivity index (χ3n) is 5.53. The largest absolute Gasteiger partial charge is 0.504 e. The number of carbonyl (C=O) groups excluding carboxylic acids is 2. The van der Waals surface area contributed by atoms with Crippen LogP contribution in [0.4, 0.5) is 0 Å². The number of carbonyl (C=O) groups is 2. The summed E-state index contributed by atoms with van der Waals surface area (Å²) in [5, 5.41) is 19.6. The number of ketones is 2. The standard InChI is InChI=1S/C30H28O8/c1-35-22-10-9-21(28(18-22)36-2)17-23(24(31)11-5-19-7-13-26(33)29(15-19)37-3)25(32)12-6-20-8-14-27(34)30(16-20)38-4/h5-18,33-34H,1-4H3/b11-5+,12-6+. The van der Waals surface area contributed by atoms with E-state index in [9.17, 15) is 19.8 Å². The molecular formula is C30H28O8. The van der Waals surface area contributed by atoms with E-state index in [2.05, 4.69) is 0 Å². The maximum absolute atomic E-state index is 13.3. The molecular weight excluding hydrogens is 488 g/mol. The summed E-state index contributed by atoms with van der Waals surface area (Å²) in [5.41, 5.74) is 1.57. The summed E-state index contributed by atoms with van der Waals surface area (Å²) in [4.78, 5) is 26.5. The van der Waals surface area contributed by atoms with E-state index in [1.165, 1.54) is 71.0 Å². The predicted octanol–water partition coefficient (Wildman–Crippen LogP) is 5.08. The lowest BCUT2D eigenvalue weighted by atomic mass is 10.00. The molecule has 0 aliphatic heterocycles. The number of hydrogen-bond donors (Lipinski definition) is 2. The zero-order valence-electron chi connectivity index (χ0n) is 21.4. The molecule has 0 aliphatic carbocycles. The first kappa shape index (κ1) is 27.6. The van der Waals surface area contributed by atoms with Crippen LogP contribution in [0.5, 0.6) is 34.5 Å². The van der Waals surface area contributed by atoms with Crippen LogP contribution in [0, 0.1) is 0 Å². The van der Waals surface area contributed by atoms with Crippen LogP contribution in [0.2, 0.25) is 0 Å². The number of ether oxygens (including phenoxy) is 4. The third-order valence-corrected chi connectivity index (χ3v) is 5.53. The van der Waals surface area contributed by atoms with Gasteiger partial charge < -0.3 is 29.2 Å². The average Bonchev–Trinajstić information content (AvgIpc) is 2.94. The molecule has 2 N–H and O–H groups in total. The minimum atomic E-state index is -0.548. The van der Waals surface area contributed by atoms with Crippen molar-refractivity contribution in [3.05, 3.63) is 89.0 Å². The van der Waals surface area contributed by atoms with Crippen LogP contribution in [0.1, 0.15) is 16.7 Å². The van der Waals surface area contributed by atoms with Crippen LogP contribution in [0.25, 0.3) is 18.2 Å². The van der Waals surface area contributed by atoms with E-state index in [1.807, 2.05) is 0 Å². The second-order valence-corrected chi connectivity index (χ2v) is 7.92. The van der Waals surface area contributed by atoms with Crippen molar-refractivity contribution in [1.29, 1.82) is 0 Å². The molecule has 0 aliphatic rings. The zero-order chi connectivity index (χ0) is 27.7. The van der Waals surface area contributed by atoms with E-state index in [-0.39, 0.29) is 28.6 Å². The third kappa shape index (κ3) is 6.82. The highest BCUT2D eigenvalue weighted by Crippen LogP contribution is 2.29. The predicted molar refractivity (Wildman–Crippen MR) is 145 cm³/mol. The molecule has 0 radical (unpaired) electrons. The fourth-order valence-corrected chi connectivity index (χ4v) is 3.48. The maximum atomic E-state index is 13.3. The lowest BCUT2D eigenvalue weighted by Crippen LogP contribution is -2.09. The lowest BCUT2D eigenvalue weighted by Gasteiger charge is -2.09. The summed E-state index contributed by atoms with van der Waals surface area (Å²) in [6.07, 6.45) is 7.02. The van der Waals surface area contributed by atoms with Crippen molar-refractivity contribution < 1.29 is 38.7 Å². The highest BCUT2D eigenvalue weighted by atomic mass is 16.5. The van der Waals surface area contributed by atoms with Gasteiger partial charge in [-0.15, -0.1) is 0 Å². The molecule has 0 amide bonds. The summed E-state index contributed by atoms with van der Waals surface area (Å²) in [5.74, 6) is 0.315. The first-order valence-electron chi connectivity index (χ1n) is 11.4. The molecule has 8 heteroatoms. The Morgan fingerprint density at radius 3 is 1.58 bits per heavy atom. The molecule has 0 bridgehead atoms. The normalized spacial score (nSPS) is 10.8. The Hall–Kier alpha value is -4.98. The van der Waals surface area contributed by atoms with Crippen molar-refractivity contribution in [2.75, 3.05) is 28.4 Å². The average molecular weight is 517 g/mol.